The average molecular weight is 422 g/mol. The second-order valence-corrected chi connectivity index (χ2v) is 7.94. The van der Waals surface area contributed by atoms with Gasteiger partial charge in [-0.3, -0.25) is 5.32 Å². The van der Waals surface area contributed by atoms with E-state index < -0.39 is 6.09 Å². The third-order valence-electron chi connectivity index (χ3n) is 5.82. The van der Waals surface area contributed by atoms with E-state index in [0.29, 0.717) is 17.3 Å². The Bertz CT molecular complexity index is 816. The van der Waals surface area contributed by atoms with E-state index in [0.717, 1.165) is 45.0 Å². The third-order valence-corrected chi connectivity index (χ3v) is 6.07. The minimum atomic E-state index is -0.517. The van der Waals surface area contributed by atoms with Crippen LogP contribution in [0.1, 0.15) is 31.5 Å². The molecule has 0 bridgehead atoms. The Balaban J connectivity index is 1.37. The second-order valence-electron chi connectivity index (χ2n) is 7.50. The van der Waals surface area contributed by atoms with Crippen molar-refractivity contribution in [3.63, 3.8) is 0 Å². The number of amides is 1. The summed E-state index contributed by atoms with van der Waals surface area (Å²) in [5.41, 5.74) is 0.558. The monoisotopic (exact) mass is 421 g/mol. The molecular weight excluding hydrogens is 396 g/mol. The van der Waals surface area contributed by atoms with Crippen molar-refractivity contribution in [2.75, 3.05) is 38.2 Å². The first kappa shape index (κ1) is 20.1. The van der Waals surface area contributed by atoms with E-state index in [4.69, 9.17) is 21.1 Å². The van der Waals surface area contributed by atoms with E-state index in [1.165, 1.54) is 17.7 Å². The third kappa shape index (κ3) is 4.52. The zero-order valence-electron chi connectivity index (χ0n) is 16.3. The van der Waals surface area contributed by atoms with Gasteiger partial charge in [-0.05, 0) is 47.5 Å². The lowest BCUT2D eigenvalue weighted by atomic mass is 9.93. The van der Waals surface area contributed by atoms with Crippen molar-refractivity contribution in [3.8, 4) is 0 Å². The summed E-state index contributed by atoms with van der Waals surface area (Å²) in [7, 11) is 0. The molecule has 1 aromatic heterocycles. The number of ether oxygens (including phenoxy) is 2. The number of tetrazole rings is 1. The molecule has 2 aliphatic rings. The highest BCUT2D eigenvalue weighted by Gasteiger charge is 2.49. The van der Waals surface area contributed by atoms with E-state index in [2.05, 4.69) is 20.8 Å². The van der Waals surface area contributed by atoms with Gasteiger partial charge in [-0.25, -0.2) is 9.48 Å². The molecule has 4 rings (SSSR count). The van der Waals surface area contributed by atoms with Gasteiger partial charge in [0.2, 0.25) is 5.82 Å². The van der Waals surface area contributed by atoms with Gasteiger partial charge in [0, 0.05) is 23.6 Å². The van der Waals surface area contributed by atoms with Gasteiger partial charge in [0.1, 0.15) is 19.7 Å². The smallest absolute Gasteiger partial charge is 0.411 e. The van der Waals surface area contributed by atoms with E-state index in [1.54, 1.807) is 28.9 Å². The first-order valence-electron chi connectivity index (χ1n) is 10.1. The van der Waals surface area contributed by atoms with Crippen molar-refractivity contribution in [3.05, 3.63) is 35.1 Å². The number of rotatable bonds is 6. The standard InChI is InChI=1S/C19H25ClN6O3/c20-15-3-5-16(6-4-15)21-18(27)29-14-11-26-17(22-23-24-26)19(7-1-2-8-19)25-9-12-28-13-10-25/h3-6H,1-2,7-14H2,(H,21,27)/p+1. The van der Waals surface area contributed by atoms with Crippen molar-refractivity contribution in [2.24, 2.45) is 0 Å². The fraction of sp³-hybridized carbons (Fsp3) is 0.579. The molecule has 1 aliphatic carbocycles. The lowest BCUT2D eigenvalue weighted by Crippen LogP contribution is -3.20. The summed E-state index contributed by atoms with van der Waals surface area (Å²) in [6.45, 7) is 4.08. The summed E-state index contributed by atoms with van der Waals surface area (Å²) in [4.78, 5) is 13.5. The number of aromatic nitrogens is 4. The van der Waals surface area contributed by atoms with E-state index in [9.17, 15) is 4.79 Å². The number of hydrogen-bond acceptors (Lipinski definition) is 6. The molecule has 1 aliphatic heterocycles. The highest BCUT2D eigenvalue weighted by atomic mass is 35.5. The maximum Gasteiger partial charge on any atom is 0.411 e. The molecule has 10 heteroatoms. The maximum absolute atomic E-state index is 12.0. The van der Waals surface area contributed by atoms with Gasteiger partial charge in [0.15, 0.2) is 5.54 Å². The molecule has 156 valence electrons. The van der Waals surface area contributed by atoms with Gasteiger partial charge in [-0.1, -0.05) is 11.6 Å². The van der Waals surface area contributed by atoms with Gasteiger partial charge < -0.3 is 14.4 Å². The van der Waals surface area contributed by atoms with Crippen LogP contribution in [-0.2, 0) is 21.6 Å². The zero-order chi connectivity index (χ0) is 20.1. The Morgan fingerprint density at radius 1 is 1.24 bits per heavy atom. The predicted octanol–water partition coefficient (Wildman–Crippen LogP) is 1.26. The van der Waals surface area contributed by atoms with E-state index in [1.807, 2.05) is 0 Å². The minimum Gasteiger partial charge on any atom is -0.447 e. The first-order valence-corrected chi connectivity index (χ1v) is 10.4. The number of benzene rings is 1. The van der Waals surface area contributed by atoms with Crippen LogP contribution in [0.5, 0.6) is 0 Å². The molecule has 2 aromatic rings. The highest BCUT2D eigenvalue weighted by Crippen LogP contribution is 2.35. The number of halogens is 1. The molecular formula is C19H26ClN6O3+. The number of nitrogens with one attached hydrogen (secondary N) is 2. The van der Waals surface area contributed by atoms with Crippen molar-refractivity contribution in [1.29, 1.82) is 0 Å². The SMILES string of the molecule is O=C(Nc1ccc(Cl)cc1)OCCn1nnnc1C1([NH+]2CCOCC2)CCCC1. The summed E-state index contributed by atoms with van der Waals surface area (Å²) in [6.07, 6.45) is 3.98. The molecule has 9 nitrogen and oxygen atoms in total. The van der Waals surface area contributed by atoms with Crippen molar-refractivity contribution in [2.45, 2.75) is 37.8 Å². The number of quaternary nitrogens is 1. The molecule has 1 saturated heterocycles. The van der Waals surface area contributed by atoms with Crippen LogP contribution in [0, 0.1) is 0 Å². The van der Waals surface area contributed by atoms with Crippen LogP contribution in [-0.4, -0.2) is 59.2 Å². The lowest BCUT2D eigenvalue weighted by molar-refractivity contribution is -0.968. The van der Waals surface area contributed by atoms with Gasteiger partial charge in [0.25, 0.3) is 0 Å². The van der Waals surface area contributed by atoms with E-state index >= 15 is 0 Å². The van der Waals surface area contributed by atoms with Crippen LogP contribution < -0.4 is 10.2 Å². The molecule has 1 aromatic carbocycles. The summed E-state index contributed by atoms with van der Waals surface area (Å²) >= 11 is 5.85. The van der Waals surface area contributed by atoms with Gasteiger partial charge >= 0.3 is 6.09 Å². The van der Waals surface area contributed by atoms with Crippen molar-refractivity contribution >= 4 is 23.4 Å². The van der Waals surface area contributed by atoms with Crippen molar-refractivity contribution in [1.82, 2.24) is 20.2 Å². The zero-order valence-corrected chi connectivity index (χ0v) is 17.0. The molecule has 29 heavy (non-hydrogen) atoms. The fourth-order valence-electron chi connectivity index (χ4n) is 4.42. The molecule has 1 saturated carbocycles. The quantitative estimate of drug-likeness (QED) is 0.729. The second kappa shape index (κ2) is 9.06. The Kier molecular flexibility index (Phi) is 6.27. The fourth-order valence-corrected chi connectivity index (χ4v) is 4.55. The molecule has 2 fully saturated rings. The number of hydrogen-bond donors (Lipinski definition) is 2. The summed E-state index contributed by atoms with van der Waals surface area (Å²) in [5, 5.41) is 15.8. The molecule has 0 atom stereocenters. The number of anilines is 1. The number of carbonyl (C=O) groups is 1. The Hall–Kier alpha value is -2.23. The van der Waals surface area contributed by atoms with Crippen LogP contribution in [0.4, 0.5) is 10.5 Å². The maximum atomic E-state index is 12.0. The topological polar surface area (TPSA) is 95.6 Å². The first-order chi connectivity index (χ1) is 14.2. The van der Waals surface area contributed by atoms with Crippen molar-refractivity contribution < 1.29 is 19.2 Å². The van der Waals surface area contributed by atoms with Crippen LogP contribution >= 0.6 is 11.6 Å². The van der Waals surface area contributed by atoms with Gasteiger partial charge in [0.05, 0.1) is 19.8 Å². The van der Waals surface area contributed by atoms with Crippen LogP contribution in [0.15, 0.2) is 24.3 Å². The largest absolute Gasteiger partial charge is 0.447 e. The van der Waals surface area contributed by atoms with Gasteiger partial charge in [-0.2, -0.15) is 0 Å². The molecule has 2 N–H and O–H groups in total. The molecule has 0 radical (unpaired) electrons. The van der Waals surface area contributed by atoms with Gasteiger partial charge in [-0.15, -0.1) is 5.10 Å². The van der Waals surface area contributed by atoms with E-state index in [-0.39, 0.29) is 12.1 Å². The number of carbonyl (C=O) groups excluding carboxylic acids is 1. The van der Waals surface area contributed by atoms with Crippen LogP contribution in [0.2, 0.25) is 5.02 Å². The van der Waals surface area contributed by atoms with Crippen LogP contribution in [0.3, 0.4) is 0 Å². The average Bonchev–Trinajstić information content (AvgIpc) is 3.41. The highest BCUT2D eigenvalue weighted by molar-refractivity contribution is 6.30. The Morgan fingerprint density at radius 2 is 1.97 bits per heavy atom. The predicted molar refractivity (Wildman–Crippen MR) is 106 cm³/mol. The lowest BCUT2D eigenvalue weighted by Gasteiger charge is -2.38. The summed E-state index contributed by atoms with van der Waals surface area (Å²) < 4.78 is 12.7. The number of morpholine rings is 1. The molecule has 2 heterocycles. The normalized spacial score (nSPS) is 19.2. The molecule has 1 amide bonds. The minimum absolute atomic E-state index is 0.0706. The summed E-state index contributed by atoms with van der Waals surface area (Å²) in [6, 6.07) is 6.86. The summed E-state index contributed by atoms with van der Waals surface area (Å²) in [5.74, 6) is 0.897. The Morgan fingerprint density at radius 3 is 2.69 bits per heavy atom. The Labute approximate surface area is 174 Å². The molecule has 0 unspecified atom stereocenters. The van der Waals surface area contributed by atoms with Crippen LogP contribution in [0.25, 0.3) is 0 Å². The molecule has 0 spiro atoms. The number of nitrogens with zero attached hydrogens (tertiary/aromatic N) is 4.